The van der Waals surface area contributed by atoms with Gasteiger partial charge < -0.3 is 5.11 Å². The number of nitrogens with zero attached hydrogens (tertiary/aromatic N) is 4. The molecular weight excluding hydrogens is 280 g/mol. The molecule has 1 aromatic heterocycles. The largest absolute Gasteiger partial charge is 0.481 e. The standard InChI is InChI=1S/C9H7ClN4O5/c10-9-11-2-5(14(18)19)7(12-9)13-3-4(8(16)17)1-6(13)15/h2,4H,1,3H2,(H,16,17). The van der Waals surface area contributed by atoms with Gasteiger partial charge in [0, 0.05) is 13.0 Å². The number of aliphatic carboxylic acids is 1. The maximum atomic E-state index is 11.7. The summed E-state index contributed by atoms with van der Waals surface area (Å²) in [6, 6.07) is 0. The number of hydrogen-bond donors (Lipinski definition) is 1. The Bertz CT molecular complexity index is 578. The number of carboxylic acid groups (broad SMARTS) is 1. The molecule has 0 aromatic carbocycles. The first kappa shape index (κ1) is 13.1. The predicted octanol–water partition coefficient (Wildman–Crippen LogP) is 0.476. The van der Waals surface area contributed by atoms with Crippen molar-refractivity contribution >= 4 is 35.0 Å². The molecule has 0 aliphatic carbocycles. The van der Waals surface area contributed by atoms with Crippen LogP contribution in [-0.2, 0) is 9.59 Å². The number of amides is 1. The lowest BCUT2D eigenvalue weighted by Crippen LogP contribution is -2.27. The molecule has 1 N–H and O–H groups in total. The predicted molar refractivity (Wildman–Crippen MR) is 61.8 cm³/mol. The van der Waals surface area contributed by atoms with Crippen LogP contribution in [0.25, 0.3) is 0 Å². The molecule has 1 amide bonds. The molecule has 0 bridgehead atoms. The van der Waals surface area contributed by atoms with Gasteiger partial charge in [0.1, 0.15) is 6.20 Å². The fourth-order valence-electron chi connectivity index (χ4n) is 1.75. The van der Waals surface area contributed by atoms with Gasteiger partial charge in [0.15, 0.2) is 0 Å². The maximum Gasteiger partial charge on any atom is 0.330 e. The zero-order valence-corrected chi connectivity index (χ0v) is 10.1. The smallest absolute Gasteiger partial charge is 0.330 e. The van der Waals surface area contributed by atoms with Gasteiger partial charge in [-0.2, -0.15) is 4.98 Å². The first-order valence-electron chi connectivity index (χ1n) is 5.10. The second kappa shape index (κ2) is 4.76. The Labute approximate surface area is 111 Å². The highest BCUT2D eigenvalue weighted by molar-refractivity contribution is 6.28. The summed E-state index contributed by atoms with van der Waals surface area (Å²) in [4.78, 5) is 40.7. The lowest BCUT2D eigenvalue weighted by molar-refractivity contribution is -0.384. The first-order valence-corrected chi connectivity index (χ1v) is 5.48. The summed E-state index contributed by atoms with van der Waals surface area (Å²) in [6.45, 7) is -0.178. The van der Waals surface area contributed by atoms with E-state index in [4.69, 9.17) is 16.7 Å². The molecule has 1 unspecified atom stereocenters. The third kappa shape index (κ3) is 2.45. The molecule has 9 nitrogen and oxygen atoms in total. The van der Waals surface area contributed by atoms with E-state index in [0.29, 0.717) is 0 Å². The number of carbonyl (C=O) groups is 2. The van der Waals surface area contributed by atoms with Crippen LogP contribution in [0.4, 0.5) is 11.5 Å². The number of rotatable bonds is 3. The topological polar surface area (TPSA) is 127 Å². The Balaban J connectivity index is 2.42. The van der Waals surface area contributed by atoms with Crippen molar-refractivity contribution < 1.29 is 19.6 Å². The molecule has 0 saturated carbocycles. The summed E-state index contributed by atoms with van der Waals surface area (Å²) < 4.78 is 0. The Kier molecular flexibility index (Phi) is 3.30. The molecule has 100 valence electrons. The number of carboxylic acids is 1. The third-order valence-corrected chi connectivity index (χ3v) is 2.83. The minimum Gasteiger partial charge on any atom is -0.481 e. The molecular formula is C9H7ClN4O5. The van der Waals surface area contributed by atoms with Gasteiger partial charge in [-0.3, -0.25) is 24.6 Å². The van der Waals surface area contributed by atoms with E-state index in [0.717, 1.165) is 11.1 Å². The van der Waals surface area contributed by atoms with Crippen LogP contribution in [0.15, 0.2) is 6.20 Å². The molecule has 0 spiro atoms. The highest BCUT2D eigenvalue weighted by atomic mass is 35.5. The van der Waals surface area contributed by atoms with Crippen molar-refractivity contribution in [1.82, 2.24) is 9.97 Å². The molecule has 2 rings (SSSR count). The van der Waals surface area contributed by atoms with Crippen molar-refractivity contribution in [1.29, 1.82) is 0 Å². The van der Waals surface area contributed by atoms with Crippen molar-refractivity contribution in [2.24, 2.45) is 5.92 Å². The Morgan fingerprint density at radius 1 is 1.63 bits per heavy atom. The van der Waals surface area contributed by atoms with Crippen LogP contribution in [0, 0.1) is 16.0 Å². The third-order valence-electron chi connectivity index (χ3n) is 2.65. The summed E-state index contributed by atoms with van der Waals surface area (Å²) in [6.07, 6.45) is 0.653. The molecule has 0 radical (unpaired) electrons. The Morgan fingerprint density at radius 2 is 2.32 bits per heavy atom. The molecule has 1 fully saturated rings. The van der Waals surface area contributed by atoms with Crippen molar-refractivity contribution in [3.8, 4) is 0 Å². The maximum absolute atomic E-state index is 11.7. The van der Waals surface area contributed by atoms with Gasteiger partial charge >= 0.3 is 11.7 Å². The van der Waals surface area contributed by atoms with Gasteiger partial charge in [-0.05, 0) is 11.6 Å². The average molecular weight is 287 g/mol. The normalized spacial score (nSPS) is 18.7. The summed E-state index contributed by atoms with van der Waals surface area (Å²) in [5.74, 6) is -2.89. The van der Waals surface area contributed by atoms with Crippen LogP contribution >= 0.6 is 11.6 Å². The summed E-state index contributed by atoms with van der Waals surface area (Å²) in [7, 11) is 0. The number of halogens is 1. The van der Waals surface area contributed by atoms with E-state index < -0.39 is 28.4 Å². The second-order valence-electron chi connectivity index (χ2n) is 3.85. The van der Waals surface area contributed by atoms with E-state index in [1.54, 1.807) is 0 Å². The van der Waals surface area contributed by atoms with Gasteiger partial charge in [-0.1, -0.05) is 0 Å². The van der Waals surface area contributed by atoms with Gasteiger partial charge in [0.25, 0.3) is 0 Å². The van der Waals surface area contributed by atoms with E-state index in [1.165, 1.54) is 0 Å². The highest BCUT2D eigenvalue weighted by Crippen LogP contribution is 2.31. The minimum absolute atomic E-state index is 0.178. The monoisotopic (exact) mass is 286 g/mol. The fraction of sp³-hybridized carbons (Fsp3) is 0.333. The van der Waals surface area contributed by atoms with Crippen LogP contribution in [-0.4, -0.2) is 38.4 Å². The van der Waals surface area contributed by atoms with Crippen molar-refractivity contribution in [2.45, 2.75) is 6.42 Å². The Hall–Kier alpha value is -2.29. The number of hydrogen-bond acceptors (Lipinski definition) is 6. The second-order valence-corrected chi connectivity index (χ2v) is 4.19. The van der Waals surface area contributed by atoms with E-state index in [-0.39, 0.29) is 24.1 Å². The molecule has 1 aliphatic heterocycles. The van der Waals surface area contributed by atoms with Crippen LogP contribution in [0.5, 0.6) is 0 Å². The average Bonchev–Trinajstić information content (AvgIpc) is 2.71. The van der Waals surface area contributed by atoms with Crippen LogP contribution in [0.3, 0.4) is 0 Å². The minimum atomic E-state index is -1.14. The number of anilines is 1. The van der Waals surface area contributed by atoms with Gasteiger partial charge in [-0.25, -0.2) is 4.98 Å². The van der Waals surface area contributed by atoms with Crippen molar-refractivity contribution in [3.05, 3.63) is 21.6 Å². The zero-order chi connectivity index (χ0) is 14.2. The van der Waals surface area contributed by atoms with E-state index in [2.05, 4.69) is 9.97 Å². The van der Waals surface area contributed by atoms with Crippen LogP contribution in [0.1, 0.15) is 6.42 Å². The fourth-order valence-corrected chi connectivity index (χ4v) is 1.88. The Morgan fingerprint density at radius 3 is 2.84 bits per heavy atom. The number of nitro groups is 1. The lowest BCUT2D eigenvalue weighted by Gasteiger charge is -2.14. The molecule has 1 saturated heterocycles. The molecule has 10 heteroatoms. The van der Waals surface area contributed by atoms with Crippen LogP contribution < -0.4 is 4.90 Å². The molecule has 1 aliphatic rings. The molecule has 1 aromatic rings. The highest BCUT2D eigenvalue weighted by Gasteiger charge is 2.38. The van der Waals surface area contributed by atoms with Gasteiger partial charge in [0.05, 0.1) is 10.8 Å². The molecule has 19 heavy (non-hydrogen) atoms. The van der Waals surface area contributed by atoms with Crippen molar-refractivity contribution in [2.75, 3.05) is 11.4 Å². The van der Waals surface area contributed by atoms with Gasteiger partial charge in [-0.15, -0.1) is 0 Å². The quantitative estimate of drug-likeness (QED) is 0.486. The summed E-state index contributed by atoms with van der Waals surface area (Å²) in [5, 5.41) is 19.4. The summed E-state index contributed by atoms with van der Waals surface area (Å²) >= 11 is 5.55. The number of carbonyl (C=O) groups excluding carboxylic acids is 1. The molecule has 2 heterocycles. The van der Waals surface area contributed by atoms with E-state index in [1.807, 2.05) is 0 Å². The summed E-state index contributed by atoms with van der Waals surface area (Å²) in [5.41, 5.74) is -0.496. The first-order chi connectivity index (χ1) is 8.90. The zero-order valence-electron chi connectivity index (χ0n) is 9.32. The SMILES string of the molecule is O=C(O)C1CC(=O)N(c2nc(Cl)ncc2[N+](=O)[O-])C1. The number of aromatic nitrogens is 2. The van der Waals surface area contributed by atoms with E-state index in [9.17, 15) is 19.7 Å². The van der Waals surface area contributed by atoms with E-state index >= 15 is 0 Å². The lowest BCUT2D eigenvalue weighted by atomic mass is 10.1. The van der Waals surface area contributed by atoms with Crippen molar-refractivity contribution in [3.63, 3.8) is 0 Å². The molecule has 1 atom stereocenters. The van der Waals surface area contributed by atoms with Crippen LogP contribution in [0.2, 0.25) is 5.28 Å². The van der Waals surface area contributed by atoms with Gasteiger partial charge in [0.2, 0.25) is 17.0 Å².